The number of hydrogen-bond donors (Lipinski definition) is 1. The van der Waals surface area contributed by atoms with Crippen LogP contribution in [0.3, 0.4) is 0 Å². The van der Waals surface area contributed by atoms with E-state index in [9.17, 15) is 4.39 Å². The van der Waals surface area contributed by atoms with Gasteiger partial charge < -0.3 is 5.32 Å². The summed E-state index contributed by atoms with van der Waals surface area (Å²) in [5.41, 5.74) is 2.80. The van der Waals surface area contributed by atoms with Crippen molar-refractivity contribution in [3.63, 3.8) is 0 Å². The van der Waals surface area contributed by atoms with Crippen LogP contribution in [0.4, 0.5) is 4.39 Å². The number of nitrogens with one attached hydrogen (secondary N) is 1. The van der Waals surface area contributed by atoms with Crippen LogP contribution in [0.1, 0.15) is 18.9 Å². The summed E-state index contributed by atoms with van der Waals surface area (Å²) in [5, 5.41) is 3.98. The summed E-state index contributed by atoms with van der Waals surface area (Å²) in [7, 11) is 0. The van der Waals surface area contributed by atoms with E-state index in [0.29, 0.717) is 5.02 Å². The van der Waals surface area contributed by atoms with E-state index < -0.39 is 0 Å². The Hall–Kier alpha value is -1.38. The van der Waals surface area contributed by atoms with E-state index in [-0.39, 0.29) is 5.82 Å². The van der Waals surface area contributed by atoms with Crippen molar-refractivity contribution in [2.45, 2.75) is 19.9 Å². The molecule has 0 aliphatic rings. The molecule has 0 saturated carbocycles. The molecule has 1 nitrogen and oxygen atoms in total. The van der Waals surface area contributed by atoms with Crippen LogP contribution < -0.4 is 5.32 Å². The van der Waals surface area contributed by atoms with E-state index >= 15 is 0 Å². The van der Waals surface area contributed by atoms with E-state index in [2.05, 4.69) is 12.2 Å². The zero-order chi connectivity index (χ0) is 13.7. The van der Waals surface area contributed by atoms with Gasteiger partial charge in [0.15, 0.2) is 0 Å². The lowest BCUT2D eigenvalue weighted by Gasteiger charge is -2.08. The molecule has 0 aliphatic carbocycles. The standard InChI is InChI=1S/C16H17ClFN/c1-2-8-19-11-12-6-7-15(16(17)9-12)13-4-3-5-14(18)10-13/h3-7,9-10,19H,2,8,11H2,1H3. The molecule has 0 aromatic heterocycles. The zero-order valence-corrected chi connectivity index (χ0v) is 11.7. The fourth-order valence-electron chi connectivity index (χ4n) is 1.97. The molecule has 0 heterocycles. The maximum absolute atomic E-state index is 13.2. The molecule has 3 heteroatoms. The SMILES string of the molecule is CCCNCc1ccc(-c2cccc(F)c2)c(Cl)c1. The average Bonchev–Trinajstić information content (AvgIpc) is 2.39. The summed E-state index contributed by atoms with van der Waals surface area (Å²) in [6, 6.07) is 12.4. The summed E-state index contributed by atoms with van der Waals surface area (Å²) in [5.74, 6) is -0.248. The van der Waals surface area contributed by atoms with Crippen LogP contribution in [-0.2, 0) is 6.54 Å². The highest BCUT2D eigenvalue weighted by atomic mass is 35.5. The number of halogens is 2. The first-order chi connectivity index (χ1) is 9.20. The molecule has 0 fully saturated rings. The Bertz CT molecular complexity index is 554. The molecule has 0 saturated heterocycles. The van der Waals surface area contributed by atoms with Crippen LogP contribution >= 0.6 is 11.6 Å². The van der Waals surface area contributed by atoms with Crippen molar-refractivity contribution in [3.8, 4) is 11.1 Å². The van der Waals surface area contributed by atoms with E-state index in [1.165, 1.54) is 12.1 Å². The minimum absolute atomic E-state index is 0.248. The fraction of sp³-hybridized carbons (Fsp3) is 0.250. The lowest BCUT2D eigenvalue weighted by Crippen LogP contribution is -2.13. The Morgan fingerprint density at radius 2 is 2.00 bits per heavy atom. The van der Waals surface area contributed by atoms with Crippen LogP contribution in [0, 0.1) is 5.82 Å². The molecule has 0 radical (unpaired) electrons. The summed E-state index contributed by atoms with van der Waals surface area (Å²) in [4.78, 5) is 0. The Balaban J connectivity index is 2.19. The van der Waals surface area contributed by atoms with E-state index in [1.807, 2.05) is 24.3 Å². The molecule has 0 atom stereocenters. The first-order valence-electron chi connectivity index (χ1n) is 6.46. The number of hydrogen-bond acceptors (Lipinski definition) is 1. The van der Waals surface area contributed by atoms with E-state index in [1.54, 1.807) is 6.07 Å². The molecule has 0 aliphatic heterocycles. The molecule has 2 aromatic rings. The third-order valence-corrected chi connectivity index (χ3v) is 3.24. The number of benzene rings is 2. The van der Waals surface area contributed by atoms with Gasteiger partial charge in [-0.15, -0.1) is 0 Å². The van der Waals surface area contributed by atoms with Gasteiger partial charge in [-0.25, -0.2) is 4.39 Å². The second-order valence-electron chi connectivity index (χ2n) is 4.50. The van der Waals surface area contributed by atoms with Crippen molar-refractivity contribution in [1.29, 1.82) is 0 Å². The van der Waals surface area contributed by atoms with Crippen molar-refractivity contribution in [3.05, 3.63) is 58.9 Å². The van der Waals surface area contributed by atoms with Gasteiger partial charge in [0.1, 0.15) is 5.82 Å². The highest BCUT2D eigenvalue weighted by molar-refractivity contribution is 6.33. The Morgan fingerprint density at radius 3 is 2.68 bits per heavy atom. The number of rotatable bonds is 5. The molecule has 0 unspecified atom stereocenters. The summed E-state index contributed by atoms with van der Waals surface area (Å²) in [6.45, 7) is 3.92. The summed E-state index contributed by atoms with van der Waals surface area (Å²) >= 11 is 6.28. The van der Waals surface area contributed by atoms with Crippen molar-refractivity contribution < 1.29 is 4.39 Å². The average molecular weight is 278 g/mol. The maximum atomic E-state index is 13.2. The minimum atomic E-state index is -0.248. The second kappa shape index (κ2) is 6.69. The van der Waals surface area contributed by atoms with Gasteiger partial charge in [-0.3, -0.25) is 0 Å². The molecule has 1 N–H and O–H groups in total. The van der Waals surface area contributed by atoms with Crippen molar-refractivity contribution in [2.75, 3.05) is 6.54 Å². The van der Waals surface area contributed by atoms with Crippen LogP contribution in [0.25, 0.3) is 11.1 Å². The molecule has 0 spiro atoms. The highest BCUT2D eigenvalue weighted by Crippen LogP contribution is 2.29. The molecule has 2 rings (SSSR count). The summed E-state index contributed by atoms with van der Waals surface area (Å²) in [6.07, 6.45) is 1.11. The van der Waals surface area contributed by atoms with Crippen LogP contribution in [-0.4, -0.2) is 6.54 Å². The van der Waals surface area contributed by atoms with Gasteiger partial charge >= 0.3 is 0 Å². The van der Waals surface area contributed by atoms with E-state index in [4.69, 9.17) is 11.6 Å². The Kier molecular flexibility index (Phi) is 4.94. The van der Waals surface area contributed by atoms with Gasteiger partial charge in [0.25, 0.3) is 0 Å². The van der Waals surface area contributed by atoms with Crippen molar-refractivity contribution in [1.82, 2.24) is 5.32 Å². The zero-order valence-electron chi connectivity index (χ0n) is 10.9. The quantitative estimate of drug-likeness (QED) is 0.785. The van der Waals surface area contributed by atoms with Crippen LogP contribution in [0.5, 0.6) is 0 Å². The Labute approximate surface area is 118 Å². The van der Waals surface area contributed by atoms with Gasteiger partial charge in [0.2, 0.25) is 0 Å². The molecular formula is C16H17ClFN. The molecule has 0 amide bonds. The molecule has 19 heavy (non-hydrogen) atoms. The highest BCUT2D eigenvalue weighted by Gasteiger charge is 2.05. The first kappa shape index (κ1) is 14.0. The van der Waals surface area contributed by atoms with Gasteiger partial charge in [-0.05, 0) is 42.3 Å². The normalized spacial score (nSPS) is 10.7. The fourth-order valence-corrected chi connectivity index (χ4v) is 2.28. The van der Waals surface area contributed by atoms with Crippen LogP contribution in [0.15, 0.2) is 42.5 Å². The lowest BCUT2D eigenvalue weighted by atomic mass is 10.0. The molecule has 2 aromatic carbocycles. The molecule has 0 bridgehead atoms. The smallest absolute Gasteiger partial charge is 0.123 e. The van der Waals surface area contributed by atoms with Gasteiger partial charge in [0, 0.05) is 17.1 Å². The second-order valence-corrected chi connectivity index (χ2v) is 4.91. The topological polar surface area (TPSA) is 12.0 Å². The molecule has 100 valence electrons. The van der Waals surface area contributed by atoms with E-state index in [0.717, 1.165) is 36.2 Å². The largest absolute Gasteiger partial charge is 0.313 e. The maximum Gasteiger partial charge on any atom is 0.123 e. The lowest BCUT2D eigenvalue weighted by molar-refractivity contribution is 0.628. The molecular weight excluding hydrogens is 261 g/mol. The van der Waals surface area contributed by atoms with Gasteiger partial charge in [-0.1, -0.05) is 42.8 Å². The monoisotopic (exact) mass is 277 g/mol. The van der Waals surface area contributed by atoms with Crippen molar-refractivity contribution in [2.24, 2.45) is 0 Å². The Morgan fingerprint density at radius 1 is 1.16 bits per heavy atom. The predicted octanol–water partition coefficient (Wildman–Crippen LogP) is 4.65. The first-order valence-corrected chi connectivity index (χ1v) is 6.83. The van der Waals surface area contributed by atoms with Gasteiger partial charge in [0.05, 0.1) is 0 Å². The van der Waals surface area contributed by atoms with Gasteiger partial charge in [-0.2, -0.15) is 0 Å². The summed E-state index contributed by atoms with van der Waals surface area (Å²) < 4.78 is 13.2. The van der Waals surface area contributed by atoms with Crippen LogP contribution in [0.2, 0.25) is 5.02 Å². The third kappa shape index (κ3) is 3.79. The van der Waals surface area contributed by atoms with Crippen molar-refractivity contribution >= 4 is 11.6 Å². The third-order valence-electron chi connectivity index (χ3n) is 2.93. The minimum Gasteiger partial charge on any atom is -0.313 e. The predicted molar refractivity (Wildman–Crippen MR) is 78.8 cm³/mol.